The summed E-state index contributed by atoms with van der Waals surface area (Å²) < 4.78 is 30.1. The average molecular weight is 316 g/mol. The van der Waals surface area contributed by atoms with Crippen LogP contribution >= 0.6 is 11.6 Å². The Morgan fingerprint density at radius 1 is 1.33 bits per heavy atom. The molecule has 4 nitrogen and oxygen atoms in total. The van der Waals surface area contributed by atoms with Gasteiger partial charge in [-0.1, -0.05) is 11.6 Å². The number of hydrogen-bond acceptors (Lipinski definition) is 4. The zero-order valence-corrected chi connectivity index (χ0v) is 12.8. The normalized spacial score (nSPS) is 19.9. The maximum Gasteiger partial charge on any atom is 0.148 e. The highest BCUT2D eigenvalue weighted by Crippen LogP contribution is 2.40. The molecule has 2 aliphatic heterocycles. The van der Waals surface area contributed by atoms with Crippen molar-refractivity contribution in [3.63, 3.8) is 0 Å². The van der Waals surface area contributed by atoms with Crippen LogP contribution in [0.15, 0.2) is 12.1 Å². The van der Waals surface area contributed by atoms with Gasteiger partial charge in [0.1, 0.15) is 18.2 Å². The van der Waals surface area contributed by atoms with Gasteiger partial charge in [0.25, 0.3) is 0 Å². The molecule has 1 spiro atoms. The number of epoxide rings is 1. The number of rotatable bonds is 5. The molecule has 0 saturated carbocycles. The van der Waals surface area contributed by atoms with Gasteiger partial charge in [-0.15, -0.1) is 0 Å². The maximum absolute atomic E-state index is 14.2. The van der Waals surface area contributed by atoms with Crippen molar-refractivity contribution < 1.29 is 18.6 Å². The van der Waals surface area contributed by atoms with Crippen LogP contribution in [0.4, 0.5) is 10.1 Å². The topological polar surface area (TPSA) is 34.2 Å². The van der Waals surface area contributed by atoms with Crippen molar-refractivity contribution in [1.29, 1.82) is 0 Å². The minimum absolute atomic E-state index is 0.0806. The molecule has 6 heteroatoms. The summed E-state index contributed by atoms with van der Waals surface area (Å²) in [6.07, 6.45) is 1.88. The van der Waals surface area contributed by atoms with E-state index in [1.54, 1.807) is 13.2 Å². The first-order valence-corrected chi connectivity index (χ1v) is 7.51. The standard InChI is InChI=1S/C15H19ClFNO3/c1-19-6-7-20-14-9-13(12(17)8-11(14)16)18-4-2-15(3-5-18)10-21-15/h8-9H,2-7,10H2,1H3. The molecule has 3 rings (SSSR count). The van der Waals surface area contributed by atoms with Crippen LogP contribution in [0.1, 0.15) is 12.8 Å². The zero-order valence-electron chi connectivity index (χ0n) is 12.0. The van der Waals surface area contributed by atoms with Crippen LogP contribution < -0.4 is 9.64 Å². The fourth-order valence-corrected chi connectivity index (χ4v) is 2.86. The van der Waals surface area contributed by atoms with Crippen molar-refractivity contribution in [2.75, 3.05) is 44.9 Å². The summed E-state index contributed by atoms with van der Waals surface area (Å²) in [6.45, 7) is 3.27. The van der Waals surface area contributed by atoms with Gasteiger partial charge < -0.3 is 19.1 Å². The fourth-order valence-electron chi connectivity index (χ4n) is 2.65. The number of piperidine rings is 1. The van der Waals surface area contributed by atoms with Crippen molar-refractivity contribution in [3.05, 3.63) is 23.0 Å². The summed E-state index contributed by atoms with van der Waals surface area (Å²) in [5, 5.41) is 0.284. The molecule has 0 radical (unpaired) electrons. The Hall–Kier alpha value is -1.04. The van der Waals surface area contributed by atoms with Crippen LogP contribution in [0.5, 0.6) is 5.75 Å². The molecule has 0 unspecified atom stereocenters. The van der Waals surface area contributed by atoms with Gasteiger partial charge in [0.2, 0.25) is 0 Å². The van der Waals surface area contributed by atoms with Gasteiger partial charge in [-0.2, -0.15) is 0 Å². The third-order valence-corrected chi connectivity index (χ3v) is 4.41. The van der Waals surface area contributed by atoms with Crippen LogP contribution in [0.25, 0.3) is 0 Å². The van der Waals surface area contributed by atoms with E-state index >= 15 is 0 Å². The zero-order chi connectivity index (χ0) is 14.9. The van der Waals surface area contributed by atoms with E-state index < -0.39 is 0 Å². The lowest BCUT2D eigenvalue weighted by atomic mass is 9.97. The largest absolute Gasteiger partial charge is 0.490 e. The molecule has 2 saturated heterocycles. The summed E-state index contributed by atoms with van der Waals surface area (Å²) in [5.41, 5.74) is 0.624. The molecule has 2 fully saturated rings. The Morgan fingerprint density at radius 3 is 2.67 bits per heavy atom. The lowest BCUT2D eigenvalue weighted by Crippen LogP contribution is -2.38. The summed E-state index contributed by atoms with van der Waals surface area (Å²) in [7, 11) is 1.60. The lowest BCUT2D eigenvalue weighted by molar-refractivity contribution is 0.146. The average Bonchev–Trinajstić information content (AvgIpc) is 3.22. The summed E-state index contributed by atoms with van der Waals surface area (Å²) in [4.78, 5) is 2.03. The van der Waals surface area contributed by atoms with Crippen LogP contribution in [-0.2, 0) is 9.47 Å². The Bertz CT molecular complexity index is 512. The van der Waals surface area contributed by atoms with Gasteiger partial charge in [-0.3, -0.25) is 0 Å². The first-order valence-electron chi connectivity index (χ1n) is 7.13. The first-order chi connectivity index (χ1) is 10.1. The van der Waals surface area contributed by atoms with Crippen molar-refractivity contribution >= 4 is 17.3 Å². The quantitative estimate of drug-likeness (QED) is 0.618. The van der Waals surface area contributed by atoms with E-state index in [0.717, 1.165) is 32.5 Å². The number of methoxy groups -OCH3 is 1. The smallest absolute Gasteiger partial charge is 0.148 e. The van der Waals surface area contributed by atoms with E-state index in [2.05, 4.69) is 0 Å². The van der Waals surface area contributed by atoms with Gasteiger partial charge >= 0.3 is 0 Å². The SMILES string of the molecule is COCCOc1cc(N2CCC3(CC2)CO3)c(F)cc1Cl. The van der Waals surface area contributed by atoms with Crippen molar-refractivity contribution in [2.24, 2.45) is 0 Å². The molecular weight excluding hydrogens is 297 g/mol. The van der Waals surface area contributed by atoms with E-state index in [9.17, 15) is 4.39 Å². The van der Waals surface area contributed by atoms with E-state index in [4.69, 9.17) is 25.8 Å². The second-order valence-electron chi connectivity index (χ2n) is 5.53. The second kappa shape index (κ2) is 5.99. The molecule has 21 heavy (non-hydrogen) atoms. The molecular formula is C15H19ClFNO3. The molecule has 0 aliphatic carbocycles. The first kappa shape index (κ1) is 14.9. The van der Waals surface area contributed by atoms with Crippen LogP contribution in [0.2, 0.25) is 5.02 Å². The number of benzene rings is 1. The van der Waals surface area contributed by atoms with Gasteiger partial charge in [-0.05, 0) is 18.9 Å². The Kier molecular flexibility index (Phi) is 4.24. The summed E-state index contributed by atoms with van der Waals surface area (Å²) in [6, 6.07) is 3.00. The van der Waals surface area contributed by atoms with Gasteiger partial charge in [0.05, 0.1) is 29.5 Å². The second-order valence-corrected chi connectivity index (χ2v) is 5.94. The highest BCUT2D eigenvalue weighted by Gasteiger charge is 2.46. The number of hydrogen-bond donors (Lipinski definition) is 0. The summed E-state index contributed by atoms with van der Waals surface area (Å²) in [5.74, 6) is 0.180. The van der Waals surface area contributed by atoms with E-state index in [1.165, 1.54) is 6.07 Å². The minimum Gasteiger partial charge on any atom is -0.490 e. The fraction of sp³-hybridized carbons (Fsp3) is 0.600. The van der Waals surface area contributed by atoms with Gasteiger partial charge in [-0.25, -0.2) is 4.39 Å². The van der Waals surface area contributed by atoms with Gasteiger partial charge in [0.15, 0.2) is 0 Å². The number of anilines is 1. The lowest BCUT2D eigenvalue weighted by Gasteiger charge is -2.32. The van der Waals surface area contributed by atoms with Crippen LogP contribution in [0.3, 0.4) is 0 Å². The molecule has 1 aromatic carbocycles. The Labute approximate surface area is 128 Å². The Balaban J connectivity index is 1.72. The summed E-state index contributed by atoms with van der Waals surface area (Å²) >= 11 is 6.03. The molecule has 0 N–H and O–H groups in total. The van der Waals surface area contributed by atoms with Gasteiger partial charge in [0, 0.05) is 26.3 Å². The van der Waals surface area contributed by atoms with E-state index in [0.29, 0.717) is 24.7 Å². The highest BCUT2D eigenvalue weighted by atomic mass is 35.5. The van der Waals surface area contributed by atoms with E-state index in [-0.39, 0.29) is 16.4 Å². The molecule has 116 valence electrons. The van der Waals surface area contributed by atoms with Crippen molar-refractivity contribution in [1.82, 2.24) is 0 Å². The van der Waals surface area contributed by atoms with Crippen molar-refractivity contribution in [3.8, 4) is 5.75 Å². The molecule has 0 bridgehead atoms. The maximum atomic E-state index is 14.2. The molecule has 2 heterocycles. The number of ether oxygens (including phenoxy) is 3. The minimum atomic E-state index is -0.313. The highest BCUT2D eigenvalue weighted by molar-refractivity contribution is 6.32. The van der Waals surface area contributed by atoms with Crippen molar-refractivity contribution in [2.45, 2.75) is 18.4 Å². The van der Waals surface area contributed by atoms with Crippen LogP contribution in [-0.4, -0.2) is 45.6 Å². The molecule has 0 aromatic heterocycles. The third-order valence-electron chi connectivity index (χ3n) is 4.11. The number of nitrogens with zero attached hydrogens (tertiary/aromatic N) is 1. The van der Waals surface area contributed by atoms with E-state index in [1.807, 2.05) is 4.90 Å². The monoisotopic (exact) mass is 315 g/mol. The number of halogens is 2. The predicted octanol–water partition coefficient (Wildman–Crippen LogP) is 2.87. The molecule has 0 amide bonds. The molecule has 2 aliphatic rings. The van der Waals surface area contributed by atoms with Crippen LogP contribution in [0, 0.1) is 5.82 Å². The third kappa shape index (κ3) is 3.25. The predicted molar refractivity (Wildman–Crippen MR) is 78.9 cm³/mol. The Morgan fingerprint density at radius 2 is 2.05 bits per heavy atom. The molecule has 0 atom stereocenters. The molecule has 1 aromatic rings.